The van der Waals surface area contributed by atoms with E-state index in [1.165, 1.54) is 21.3 Å². The van der Waals surface area contributed by atoms with Crippen LogP contribution in [0.4, 0.5) is 4.79 Å². The highest BCUT2D eigenvalue weighted by Gasteiger charge is 2.34. The summed E-state index contributed by atoms with van der Waals surface area (Å²) in [6.45, 7) is 3.57. The third kappa shape index (κ3) is 4.62. The van der Waals surface area contributed by atoms with Crippen molar-refractivity contribution < 1.29 is 28.6 Å². The molecule has 0 saturated carbocycles. The van der Waals surface area contributed by atoms with E-state index in [4.69, 9.17) is 14.2 Å². The van der Waals surface area contributed by atoms with Crippen molar-refractivity contribution in [3.63, 3.8) is 0 Å². The second-order valence-corrected chi connectivity index (χ2v) is 6.28. The first-order valence-electron chi connectivity index (χ1n) is 7.90. The molecule has 0 unspecified atom stereocenters. The van der Waals surface area contributed by atoms with Crippen molar-refractivity contribution in [2.24, 2.45) is 0 Å². The van der Waals surface area contributed by atoms with Gasteiger partial charge in [-0.3, -0.25) is 19.3 Å². The second-order valence-electron chi connectivity index (χ2n) is 5.29. The Morgan fingerprint density at radius 3 is 2.33 bits per heavy atom. The van der Waals surface area contributed by atoms with Crippen LogP contribution in [-0.4, -0.2) is 56.4 Å². The van der Waals surface area contributed by atoms with Gasteiger partial charge in [-0.15, -0.1) is 0 Å². The number of carbonyl (C=O) groups excluding carboxylic acids is 3. The van der Waals surface area contributed by atoms with Crippen LogP contribution in [0.1, 0.15) is 5.56 Å². The van der Waals surface area contributed by atoms with Gasteiger partial charge in [0, 0.05) is 13.1 Å². The van der Waals surface area contributed by atoms with E-state index in [9.17, 15) is 14.4 Å². The minimum Gasteiger partial charge on any atom is -0.493 e. The standard InChI is InChI=1S/C18H20N2O6S/c1-5-15(21)19-6-7-20-17(22)14(27-18(20)23)10-11-8-12(24-2)16(26-4)13(9-11)25-3/h5,8-10H,1,6-7H2,2-4H3,(H,19,21)/b14-10-. The Kier molecular flexibility index (Phi) is 6.89. The molecule has 1 aliphatic rings. The number of nitrogens with one attached hydrogen (secondary N) is 1. The summed E-state index contributed by atoms with van der Waals surface area (Å²) in [7, 11) is 4.48. The van der Waals surface area contributed by atoms with Crippen LogP contribution in [0.15, 0.2) is 29.7 Å². The number of benzene rings is 1. The maximum Gasteiger partial charge on any atom is 0.293 e. The summed E-state index contributed by atoms with van der Waals surface area (Å²) in [4.78, 5) is 37.1. The molecule has 1 aromatic carbocycles. The fourth-order valence-corrected chi connectivity index (χ4v) is 3.26. The Hall–Kier alpha value is -2.94. The number of imide groups is 1. The molecule has 27 heavy (non-hydrogen) atoms. The molecule has 9 heteroatoms. The van der Waals surface area contributed by atoms with Gasteiger partial charge in [0.25, 0.3) is 11.1 Å². The lowest BCUT2D eigenvalue weighted by Gasteiger charge is -2.13. The molecule has 1 aliphatic heterocycles. The summed E-state index contributed by atoms with van der Waals surface area (Å²) in [5.74, 6) is 0.522. The number of carbonyl (C=O) groups is 3. The third-order valence-corrected chi connectivity index (χ3v) is 4.59. The monoisotopic (exact) mass is 392 g/mol. The smallest absolute Gasteiger partial charge is 0.293 e. The van der Waals surface area contributed by atoms with Crippen LogP contribution < -0.4 is 19.5 Å². The lowest BCUT2D eigenvalue weighted by Crippen LogP contribution is -2.36. The summed E-state index contributed by atoms with van der Waals surface area (Å²) >= 11 is 0.831. The molecule has 1 aromatic rings. The summed E-state index contributed by atoms with van der Waals surface area (Å²) in [6.07, 6.45) is 2.70. The topological polar surface area (TPSA) is 94.2 Å². The molecule has 144 valence electrons. The molecule has 8 nitrogen and oxygen atoms in total. The molecule has 0 aromatic heterocycles. The predicted octanol–water partition coefficient (Wildman–Crippen LogP) is 2.05. The molecule has 3 amide bonds. The number of hydrogen-bond donors (Lipinski definition) is 1. The third-order valence-electron chi connectivity index (χ3n) is 3.68. The van der Waals surface area contributed by atoms with Crippen LogP contribution in [0.5, 0.6) is 17.2 Å². The quantitative estimate of drug-likeness (QED) is 0.677. The van der Waals surface area contributed by atoms with Crippen molar-refractivity contribution in [3.8, 4) is 17.2 Å². The molecule has 1 saturated heterocycles. The van der Waals surface area contributed by atoms with Crippen molar-refractivity contribution in [2.75, 3.05) is 34.4 Å². The molecule has 1 N–H and O–H groups in total. The lowest BCUT2D eigenvalue weighted by atomic mass is 10.1. The number of methoxy groups -OCH3 is 3. The highest BCUT2D eigenvalue weighted by Crippen LogP contribution is 2.40. The Balaban J connectivity index is 2.22. The van der Waals surface area contributed by atoms with Crippen LogP contribution in [0.25, 0.3) is 6.08 Å². The average Bonchev–Trinajstić information content (AvgIpc) is 2.94. The van der Waals surface area contributed by atoms with E-state index in [0.29, 0.717) is 22.8 Å². The summed E-state index contributed by atoms with van der Waals surface area (Å²) in [5.41, 5.74) is 0.620. The van der Waals surface area contributed by atoms with Crippen LogP contribution in [0, 0.1) is 0 Å². The molecular weight excluding hydrogens is 372 g/mol. The fraction of sp³-hybridized carbons (Fsp3) is 0.278. The van der Waals surface area contributed by atoms with Gasteiger partial charge >= 0.3 is 0 Å². The SMILES string of the molecule is C=CC(=O)NCCN1C(=O)S/C(=C\c2cc(OC)c(OC)c(OC)c2)C1=O. The van der Waals surface area contributed by atoms with Gasteiger partial charge in [-0.1, -0.05) is 6.58 Å². The molecule has 1 heterocycles. The fourth-order valence-electron chi connectivity index (χ4n) is 2.39. The van der Waals surface area contributed by atoms with Gasteiger partial charge in [-0.2, -0.15) is 0 Å². The zero-order valence-corrected chi connectivity index (χ0v) is 16.1. The van der Waals surface area contributed by atoms with E-state index in [1.54, 1.807) is 18.2 Å². The first-order chi connectivity index (χ1) is 12.9. The van der Waals surface area contributed by atoms with Gasteiger partial charge in [0.05, 0.1) is 26.2 Å². The van der Waals surface area contributed by atoms with Crippen molar-refractivity contribution in [3.05, 3.63) is 35.3 Å². The average molecular weight is 392 g/mol. The van der Waals surface area contributed by atoms with Crippen LogP contribution in [0.2, 0.25) is 0 Å². The van der Waals surface area contributed by atoms with E-state index in [1.807, 2.05) is 0 Å². The molecule has 2 rings (SSSR count). The number of rotatable bonds is 8. The summed E-state index contributed by atoms with van der Waals surface area (Å²) in [6, 6.07) is 3.36. The van der Waals surface area contributed by atoms with E-state index in [-0.39, 0.29) is 23.9 Å². The van der Waals surface area contributed by atoms with E-state index in [2.05, 4.69) is 11.9 Å². The Bertz CT molecular complexity index is 780. The Morgan fingerprint density at radius 2 is 1.81 bits per heavy atom. The van der Waals surface area contributed by atoms with Crippen LogP contribution in [0.3, 0.4) is 0 Å². The van der Waals surface area contributed by atoms with Gasteiger partial charge in [0.15, 0.2) is 11.5 Å². The Morgan fingerprint density at radius 1 is 1.19 bits per heavy atom. The van der Waals surface area contributed by atoms with Crippen molar-refractivity contribution in [1.82, 2.24) is 10.2 Å². The minimum atomic E-state index is -0.424. The Labute approximate surface area is 161 Å². The largest absolute Gasteiger partial charge is 0.493 e. The van der Waals surface area contributed by atoms with Crippen LogP contribution >= 0.6 is 11.8 Å². The molecule has 0 aliphatic carbocycles. The first-order valence-corrected chi connectivity index (χ1v) is 8.72. The summed E-state index contributed by atoms with van der Waals surface area (Å²) < 4.78 is 15.8. The van der Waals surface area contributed by atoms with Gasteiger partial charge < -0.3 is 19.5 Å². The zero-order valence-electron chi connectivity index (χ0n) is 15.2. The second kappa shape index (κ2) is 9.13. The van der Waals surface area contributed by atoms with Crippen LogP contribution in [-0.2, 0) is 9.59 Å². The highest BCUT2D eigenvalue weighted by molar-refractivity contribution is 8.18. The number of nitrogens with zero attached hydrogens (tertiary/aromatic N) is 1. The van der Waals surface area contributed by atoms with E-state index >= 15 is 0 Å². The van der Waals surface area contributed by atoms with Gasteiger partial charge in [0.2, 0.25) is 11.7 Å². The molecule has 1 fully saturated rings. The number of amides is 3. The first kappa shape index (κ1) is 20.4. The van der Waals surface area contributed by atoms with E-state index < -0.39 is 11.1 Å². The van der Waals surface area contributed by atoms with Crippen molar-refractivity contribution >= 4 is 34.9 Å². The normalized spacial score (nSPS) is 15.1. The van der Waals surface area contributed by atoms with E-state index in [0.717, 1.165) is 22.7 Å². The van der Waals surface area contributed by atoms with Gasteiger partial charge in [-0.25, -0.2) is 0 Å². The molecule has 0 bridgehead atoms. The maximum atomic E-state index is 12.5. The number of thioether (sulfide) groups is 1. The summed E-state index contributed by atoms with van der Waals surface area (Å²) in [5, 5.41) is 2.13. The predicted molar refractivity (Wildman–Crippen MR) is 102 cm³/mol. The molecule has 0 radical (unpaired) electrons. The van der Waals surface area contributed by atoms with Gasteiger partial charge in [0.1, 0.15) is 0 Å². The lowest BCUT2D eigenvalue weighted by molar-refractivity contribution is -0.123. The minimum absolute atomic E-state index is 0.0802. The van der Waals surface area contributed by atoms with Crippen molar-refractivity contribution in [1.29, 1.82) is 0 Å². The number of hydrogen-bond acceptors (Lipinski definition) is 7. The number of ether oxygens (including phenoxy) is 3. The van der Waals surface area contributed by atoms with Crippen molar-refractivity contribution in [2.45, 2.75) is 0 Å². The highest BCUT2D eigenvalue weighted by atomic mass is 32.2. The molecule has 0 atom stereocenters. The zero-order chi connectivity index (χ0) is 20.0. The maximum absolute atomic E-state index is 12.5. The molecular formula is C18H20N2O6S. The van der Waals surface area contributed by atoms with Gasteiger partial charge in [-0.05, 0) is 41.6 Å². The molecule has 0 spiro atoms.